The van der Waals surface area contributed by atoms with Gasteiger partial charge in [0.25, 0.3) is 0 Å². The number of aryl methyl sites for hydroxylation is 1. The van der Waals surface area contributed by atoms with E-state index in [4.69, 9.17) is 5.73 Å². The van der Waals surface area contributed by atoms with Crippen molar-refractivity contribution in [3.05, 3.63) is 11.4 Å². The molecule has 0 aromatic carbocycles. The van der Waals surface area contributed by atoms with Crippen molar-refractivity contribution < 1.29 is 8.42 Å². The minimum Gasteiger partial charge on any atom is -0.325 e. The van der Waals surface area contributed by atoms with Crippen molar-refractivity contribution in [2.75, 3.05) is 20.1 Å². The molecule has 1 fully saturated rings. The number of aromatic nitrogens is 2. The molecular formula is C11H21N5O2S. The normalized spacial score (nSPS) is 16.2. The van der Waals surface area contributed by atoms with Crippen LogP contribution in [0.1, 0.15) is 24.2 Å². The molecule has 0 unspecified atom stereocenters. The van der Waals surface area contributed by atoms with Crippen molar-refractivity contribution in [2.24, 2.45) is 5.73 Å². The number of hydrogen-bond acceptors (Lipinski definition) is 5. The topological polar surface area (TPSA) is 104 Å². The molecule has 7 nitrogen and oxygen atoms in total. The van der Waals surface area contributed by atoms with E-state index in [2.05, 4.69) is 19.8 Å². The summed E-state index contributed by atoms with van der Waals surface area (Å²) in [6.07, 6.45) is 2.42. The van der Waals surface area contributed by atoms with Gasteiger partial charge in [-0.15, -0.1) is 0 Å². The van der Waals surface area contributed by atoms with E-state index in [-0.39, 0.29) is 11.4 Å². The number of rotatable bonds is 7. The quantitative estimate of drug-likeness (QED) is 0.630. The minimum absolute atomic E-state index is 0.0998. The maximum atomic E-state index is 12.2. The van der Waals surface area contributed by atoms with Crippen molar-refractivity contribution >= 4 is 10.0 Å². The van der Waals surface area contributed by atoms with Crippen molar-refractivity contribution in [3.8, 4) is 0 Å². The van der Waals surface area contributed by atoms with Crippen molar-refractivity contribution in [2.45, 2.75) is 37.2 Å². The maximum absolute atomic E-state index is 12.2. The summed E-state index contributed by atoms with van der Waals surface area (Å²) in [6, 6.07) is 0.625. The fourth-order valence-electron chi connectivity index (χ4n) is 2.09. The van der Waals surface area contributed by atoms with E-state index in [9.17, 15) is 8.42 Å². The molecule has 4 N–H and O–H groups in total. The number of aromatic amines is 1. The van der Waals surface area contributed by atoms with Crippen LogP contribution < -0.4 is 10.5 Å². The molecule has 0 amide bonds. The Bertz CT molecular complexity index is 535. The lowest BCUT2D eigenvalue weighted by molar-refractivity contribution is 0.329. The highest BCUT2D eigenvalue weighted by Crippen LogP contribution is 2.24. The summed E-state index contributed by atoms with van der Waals surface area (Å²) in [5.74, 6) is 0. The van der Waals surface area contributed by atoms with E-state index in [1.54, 1.807) is 6.92 Å². The zero-order valence-corrected chi connectivity index (χ0v) is 12.1. The Morgan fingerprint density at radius 1 is 1.53 bits per heavy atom. The summed E-state index contributed by atoms with van der Waals surface area (Å²) in [4.78, 5) is 2.36. The Labute approximate surface area is 113 Å². The fourth-order valence-corrected chi connectivity index (χ4v) is 3.48. The average molecular weight is 287 g/mol. The molecule has 2 rings (SSSR count). The molecule has 1 aromatic heterocycles. The second-order valence-electron chi connectivity index (χ2n) is 4.94. The molecule has 1 aliphatic rings. The van der Waals surface area contributed by atoms with Gasteiger partial charge in [-0.1, -0.05) is 0 Å². The Morgan fingerprint density at radius 2 is 2.21 bits per heavy atom. The highest BCUT2D eigenvalue weighted by atomic mass is 32.2. The largest absolute Gasteiger partial charge is 0.325 e. The van der Waals surface area contributed by atoms with Crippen LogP contribution in [-0.4, -0.2) is 49.7 Å². The standard InChI is InChI=1S/C11H21N5O2S/c1-8-11(10(7-12)15-14-8)19(17,18)13-5-6-16(2)9-3-4-9/h9,13H,3-7,12H2,1-2H3,(H,14,15). The van der Waals surface area contributed by atoms with E-state index < -0.39 is 10.0 Å². The van der Waals surface area contributed by atoms with Crippen LogP contribution in [0.3, 0.4) is 0 Å². The SMILES string of the molecule is Cc1[nH]nc(CN)c1S(=O)(=O)NCCN(C)C1CC1. The third kappa shape index (κ3) is 3.33. The average Bonchev–Trinajstić information content (AvgIpc) is 3.12. The first-order chi connectivity index (χ1) is 8.95. The van der Waals surface area contributed by atoms with Crippen LogP contribution in [0.2, 0.25) is 0 Å². The van der Waals surface area contributed by atoms with Crippen LogP contribution in [-0.2, 0) is 16.6 Å². The van der Waals surface area contributed by atoms with Gasteiger partial charge in [-0.2, -0.15) is 5.10 Å². The number of nitrogens with one attached hydrogen (secondary N) is 2. The number of sulfonamides is 1. The third-order valence-electron chi connectivity index (χ3n) is 3.35. The molecule has 0 radical (unpaired) electrons. The zero-order valence-electron chi connectivity index (χ0n) is 11.3. The smallest absolute Gasteiger partial charge is 0.244 e. The molecule has 108 valence electrons. The maximum Gasteiger partial charge on any atom is 0.244 e. The molecule has 0 atom stereocenters. The summed E-state index contributed by atoms with van der Waals surface area (Å²) in [5.41, 5.74) is 6.40. The van der Waals surface area contributed by atoms with Crippen molar-refractivity contribution in [3.63, 3.8) is 0 Å². The molecule has 1 heterocycles. The Kier molecular flexibility index (Phi) is 4.24. The highest BCUT2D eigenvalue weighted by molar-refractivity contribution is 7.89. The summed E-state index contributed by atoms with van der Waals surface area (Å²) in [6.45, 7) is 2.88. The molecule has 1 aromatic rings. The lowest BCUT2D eigenvalue weighted by Gasteiger charge is -2.15. The zero-order chi connectivity index (χ0) is 14.0. The number of H-pyrrole nitrogens is 1. The second kappa shape index (κ2) is 5.58. The van der Waals surface area contributed by atoms with Crippen molar-refractivity contribution in [1.82, 2.24) is 19.8 Å². The molecule has 0 aliphatic heterocycles. The predicted molar refractivity (Wildman–Crippen MR) is 72.1 cm³/mol. The van der Waals surface area contributed by atoms with E-state index in [1.807, 2.05) is 7.05 Å². The fraction of sp³-hybridized carbons (Fsp3) is 0.727. The lowest BCUT2D eigenvalue weighted by atomic mass is 10.4. The van der Waals surface area contributed by atoms with Crippen LogP contribution in [0.25, 0.3) is 0 Å². The number of hydrogen-bond donors (Lipinski definition) is 3. The summed E-state index contributed by atoms with van der Waals surface area (Å²) < 4.78 is 27.0. The van der Waals surface area contributed by atoms with E-state index in [0.29, 0.717) is 30.5 Å². The predicted octanol–water partition coefficient (Wildman–Crippen LogP) is -0.451. The number of nitrogens with zero attached hydrogens (tertiary/aromatic N) is 2. The summed E-state index contributed by atoms with van der Waals surface area (Å²) >= 11 is 0. The van der Waals surface area contributed by atoms with Crippen LogP contribution in [0.4, 0.5) is 0 Å². The van der Waals surface area contributed by atoms with Gasteiger partial charge in [0.2, 0.25) is 10.0 Å². The van der Waals surface area contributed by atoms with E-state index in [1.165, 1.54) is 12.8 Å². The van der Waals surface area contributed by atoms with Crippen molar-refractivity contribution in [1.29, 1.82) is 0 Å². The van der Waals surface area contributed by atoms with Crippen LogP contribution in [0.15, 0.2) is 4.90 Å². The first kappa shape index (κ1) is 14.4. The minimum atomic E-state index is -3.54. The Balaban J connectivity index is 1.99. The summed E-state index contributed by atoms with van der Waals surface area (Å²) in [5, 5.41) is 6.56. The molecule has 1 saturated carbocycles. The van der Waals surface area contributed by atoms with Gasteiger partial charge in [0.15, 0.2) is 0 Å². The van der Waals surface area contributed by atoms with E-state index in [0.717, 1.165) is 0 Å². The molecule has 19 heavy (non-hydrogen) atoms. The Morgan fingerprint density at radius 3 is 2.79 bits per heavy atom. The van der Waals surface area contributed by atoms with Gasteiger partial charge >= 0.3 is 0 Å². The second-order valence-corrected chi connectivity index (χ2v) is 6.64. The van der Waals surface area contributed by atoms with Gasteiger partial charge in [0.05, 0.1) is 11.4 Å². The highest BCUT2D eigenvalue weighted by Gasteiger charge is 2.27. The Hall–Kier alpha value is -0.960. The van der Waals surface area contributed by atoms with Gasteiger partial charge in [-0.25, -0.2) is 13.1 Å². The first-order valence-corrected chi connectivity index (χ1v) is 7.88. The summed E-state index contributed by atoms with van der Waals surface area (Å²) in [7, 11) is -1.53. The lowest BCUT2D eigenvalue weighted by Crippen LogP contribution is -2.34. The molecule has 0 spiro atoms. The van der Waals surface area contributed by atoms with Crippen LogP contribution in [0.5, 0.6) is 0 Å². The third-order valence-corrected chi connectivity index (χ3v) is 5.01. The molecule has 0 saturated heterocycles. The van der Waals surface area contributed by atoms with Gasteiger partial charge < -0.3 is 10.6 Å². The van der Waals surface area contributed by atoms with Gasteiger partial charge in [-0.05, 0) is 26.8 Å². The van der Waals surface area contributed by atoms with Gasteiger partial charge in [0, 0.05) is 25.7 Å². The number of nitrogens with two attached hydrogens (primary N) is 1. The van der Waals surface area contributed by atoms with Crippen LogP contribution in [0, 0.1) is 6.92 Å². The van der Waals surface area contributed by atoms with E-state index >= 15 is 0 Å². The van der Waals surface area contributed by atoms with Gasteiger partial charge in [-0.3, -0.25) is 5.10 Å². The molecule has 1 aliphatic carbocycles. The monoisotopic (exact) mass is 287 g/mol. The number of likely N-dealkylation sites (N-methyl/N-ethyl adjacent to an activating group) is 1. The molecule has 0 bridgehead atoms. The molecule has 8 heteroatoms. The first-order valence-electron chi connectivity index (χ1n) is 6.39. The van der Waals surface area contributed by atoms with Gasteiger partial charge in [0.1, 0.15) is 4.90 Å². The molecular weight excluding hydrogens is 266 g/mol. The van der Waals surface area contributed by atoms with Crippen LogP contribution >= 0.6 is 0 Å².